The minimum atomic E-state index is -4.22. The van der Waals surface area contributed by atoms with Crippen molar-refractivity contribution in [2.75, 3.05) is 135 Å². The van der Waals surface area contributed by atoms with Crippen LogP contribution >= 0.6 is 0 Å². The molecular weight excluding hydrogens is 1270 g/mol. The third-order valence-corrected chi connectivity index (χ3v) is 18.1. The summed E-state index contributed by atoms with van der Waals surface area (Å²) in [6, 6.07) is 20.4. The largest absolute Gasteiger partial charge is 0.493 e. The molecule has 5 N–H and O–H groups in total. The summed E-state index contributed by atoms with van der Waals surface area (Å²) >= 11 is 0. The number of ketones is 2. The number of carbonyl (C=O) groups excluding carboxylic acids is 4. The fourth-order valence-corrected chi connectivity index (χ4v) is 12.7. The van der Waals surface area contributed by atoms with E-state index < -0.39 is 10.0 Å². The fourth-order valence-electron chi connectivity index (χ4n) is 11.6. The Kier molecular flexibility index (Phi) is 27.4. The number of pyridine rings is 1. The number of sulfonamides is 1. The number of anilines is 3. The molecule has 2 aliphatic rings. The lowest BCUT2D eigenvalue weighted by Gasteiger charge is -2.35. The first-order valence-corrected chi connectivity index (χ1v) is 34.8. The molecule has 0 saturated carbocycles. The summed E-state index contributed by atoms with van der Waals surface area (Å²) in [4.78, 5) is 76.2. The topological polar surface area (TPSA) is 289 Å². The number of hydrogen-bond acceptors (Lipinski definition) is 20. The van der Waals surface area contributed by atoms with Crippen LogP contribution in [0.1, 0.15) is 95.5 Å². The number of unbranched alkanes of at least 4 members (excludes halogenated alkanes) is 1. The molecule has 1 saturated heterocycles. The lowest BCUT2D eigenvalue weighted by atomic mass is 9.88. The molecule has 8 rings (SSSR count). The average molecular weight is 1370 g/mol. The van der Waals surface area contributed by atoms with Crippen molar-refractivity contribution in [2.24, 2.45) is 14.1 Å². The van der Waals surface area contributed by atoms with Gasteiger partial charge in [0.1, 0.15) is 23.1 Å². The highest BCUT2D eigenvalue weighted by atomic mass is 32.2. The molecule has 26 heteroatoms. The number of piperazine rings is 1. The quantitative estimate of drug-likeness (QED) is 0.0137. The summed E-state index contributed by atoms with van der Waals surface area (Å²) in [6.45, 7) is 17.4. The van der Waals surface area contributed by atoms with Gasteiger partial charge in [-0.05, 0) is 126 Å². The molecule has 528 valence electrons. The van der Waals surface area contributed by atoms with Gasteiger partial charge in [-0.3, -0.25) is 42.8 Å². The van der Waals surface area contributed by atoms with E-state index >= 15 is 0 Å². The number of Topliss-reactive ketones (excluding diaryl/α,β-unsaturated/α-hetero) is 2. The van der Waals surface area contributed by atoms with Gasteiger partial charge in [0.05, 0.1) is 82.0 Å². The minimum Gasteiger partial charge on any atom is -0.493 e. The minimum absolute atomic E-state index is 0.0622. The Morgan fingerprint density at radius 3 is 2.10 bits per heavy atom. The number of imidazole rings is 1. The summed E-state index contributed by atoms with van der Waals surface area (Å²) in [7, 11) is 3.74. The number of hydrogen-bond donors (Lipinski definition) is 5. The van der Waals surface area contributed by atoms with Crippen LogP contribution in [0.25, 0.3) is 22.2 Å². The normalized spacial score (nSPS) is 13.6. The number of aryl methyl sites for hydroxylation is 2. The Labute approximate surface area is 574 Å². The number of allylic oxidation sites excluding steroid dienone is 4. The first kappa shape index (κ1) is 74.7. The SMILES string of the molecule is CCCOc1cc(OCCCCN(C)CC(=O)NCCOCCOCCC(=O)NCCN2CCN(c3ccc(-c4cc(NC(C)C)c(C=N)c(C(=O)CCC5=C(C)C=C(C)CC5=O)c4)cn3)CC2)cc(Oc2cc3c(cc2NS(=O)(=O)c2ccc(OC)c(OC)c2)n(C)c(=O)n3C)c1. The van der Waals surface area contributed by atoms with Gasteiger partial charge in [0.15, 0.2) is 28.8 Å². The zero-order valence-corrected chi connectivity index (χ0v) is 58.9. The third-order valence-electron chi connectivity index (χ3n) is 16.8. The Bertz CT molecular complexity index is 4030. The van der Waals surface area contributed by atoms with Gasteiger partial charge in [0.25, 0.3) is 10.0 Å². The highest BCUT2D eigenvalue weighted by Crippen LogP contribution is 2.39. The van der Waals surface area contributed by atoms with Gasteiger partial charge in [-0.1, -0.05) is 18.6 Å². The molecule has 1 aliphatic heterocycles. The number of nitrogens with zero attached hydrogens (tertiary/aromatic N) is 6. The van der Waals surface area contributed by atoms with Gasteiger partial charge in [-0.2, -0.15) is 0 Å². The summed E-state index contributed by atoms with van der Waals surface area (Å²) < 4.78 is 73.8. The van der Waals surface area contributed by atoms with Gasteiger partial charge in [-0.15, -0.1) is 0 Å². The standard InChI is InChI=1S/C72H95N11O14S/c1-11-29-95-53-39-54(41-55(40-53)97-67-44-63-62(80(7)72(88)81(63)8)43-61(67)78-98(89,90)56-15-18-66(91-9)68(42-56)92-10)96-30-13-12-23-79(6)47-71(87)75-22-32-94-34-33-93-31-20-70(86)74-21-24-82-25-27-83(28-26-82)69-19-14-51(46-76-69)52-37-58(59(45-73)60(38-52)77-48(2)3)64(84)17-16-57-50(5)35-49(4)36-65(57)85/h14-15,18-19,35,37-46,48,73,77-78H,11-13,16-17,20-34,36,47H2,1-10H3,(H,74,86)(H,75,87). The highest BCUT2D eigenvalue weighted by molar-refractivity contribution is 7.92. The maximum atomic E-state index is 13.9. The number of carbonyl (C=O) groups is 4. The molecule has 6 aromatic rings. The summed E-state index contributed by atoms with van der Waals surface area (Å²) in [6.07, 6.45) is 8.34. The van der Waals surface area contributed by atoms with Crippen LogP contribution in [0.4, 0.5) is 17.2 Å². The summed E-state index contributed by atoms with van der Waals surface area (Å²) in [5.74, 6) is 2.52. The van der Waals surface area contributed by atoms with Crippen molar-refractivity contribution in [3.63, 3.8) is 0 Å². The molecule has 2 amide bonds. The van der Waals surface area contributed by atoms with Crippen molar-refractivity contribution < 1.29 is 60.8 Å². The number of nitrogens with one attached hydrogen (secondary N) is 5. The number of aromatic nitrogens is 3. The molecule has 4 aromatic carbocycles. The Morgan fingerprint density at radius 2 is 1.43 bits per heavy atom. The second-order valence-corrected chi connectivity index (χ2v) is 26.4. The van der Waals surface area contributed by atoms with Crippen LogP contribution in [-0.2, 0) is 48.0 Å². The van der Waals surface area contributed by atoms with Crippen LogP contribution in [0.15, 0.2) is 111 Å². The molecule has 25 nitrogen and oxygen atoms in total. The van der Waals surface area contributed by atoms with Crippen LogP contribution in [-0.4, -0.2) is 188 Å². The second kappa shape index (κ2) is 36.0. The van der Waals surface area contributed by atoms with Gasteiger partial charge in [0, 0.05) is 150 Å². The fraction of sp³-hybridized carbons (Fsp3) is 0.458. The first-order valence-electron chi connectivity index (χ1n) is 33.3. The number of likely N-dealkylation sites (N-methyl/N-ethyl adjacent to an activating group) is 1. The van der Waals surface area contributed by atoms with Crippen LogP contribution < -0.4 is 54.9 Å². The van der Waals surface area contributed by atoms with E-state index in [4.69, 9.17) is 43.6 Å². The smallest absolute Gasteiger partial charge is 0.328 e. The predicted octanol–water partition coefficient (Wildman–Crippen LogP) is 8.92. The molecule has 1 fully saturated rings. The van der Waals surface area contributed by atoms with E-state index in [-0.39, 0.29) is 83.2 Å². The lowest BCUT2D eigenvalue weighted by molar-refractivity contribution is -0.122. The van der Waals surface area contributed by atoms with Crippen molar-refractivity contribution in [3.05, 3.63) is 123 Å². The van der Waals surface area contributed by atoms with Crippen LogP contribution in [0.3, 0.4) is 0 Å². The van der Waals surface area contributed by atoms with E-state index in [0.29, 0.717) is 135 Å². The summed E-state index contributed by atoms with van der Waals surface area (Å²) in [5, 5.41) is 17.6. The molecule has 0 bridgehead atoms. The third kappa shape index (κ3) is 20.7. The van der Waals surface area contributed by atoms with Gasteiger partial charge < -0.3 is 59.4 Å². The number of rotatable bonds is 39. The Balaban J connectivity index is 0.681. The molecule has 3 heterocycles. The van der Waals surface area contributed by atoms with E-state index in [9.17, 15) is 32.4 Å². The molecule has 2 aromatic heterocycles. The molecule has 0 atom stereocenters. The van der Waals surface area contributed by atoms with Crippen molar-refractivity contribution >= 4 is 67.8 Å². The first-order chi connectivity index (χ1) is 47.1. The van der Waals surface area contributed by atoms with E-state index in [2.05, 4.69) is 30.5 Å². The van der Waals surface area contributed by atoms with E-state index in [1.54, 1.807) is 44.4 Å². The number of fused-ring (bicyclic) bond motifs is 1. The van der Waals surface area contributed by atoms with Crippen molar-refractivity contribution in [3.8, 4) is 45.6 Å². The maximum absolute atomic E-state index is 13.9. The van der Waals surface area contributed by atoms with Crippen molar-refractivity contribution in [2.45, 2.75) is 90.5 Å². The van der Waals surface area contributed by atoms with Gasteiger partial charge in [-0.25, -0.2) is 18.2 Å². The maximum Gasteiger partial charge on any atom is 0.328 e. The van der Waals surface area contributed by atoms with Crippen molar-refractivity contribution in [1.82, 2.24) is 34.6 Å². The zero-order chi connectivity index (χ0) is 70.5. The van der Waals surface area contributed by atoms with E-state index in [0.717, 1.165) is 67.1 Å². The van der Waals surface area contributed by atoms with Crippen LogP contribution in [0.2, 0.25) is 0 Å². The van der Waals surface area contributed by atoms with Gasteiger partial charge >= 0.3 is 5.69 Å². The lowest BCUT2D eigenvalue weighted by Crippen LogP contribution is -2.48. The number of benzene rings is 4. The van der Waals surface area contributed by atoms with Crippen LogP contribution in [0, 0.1) is 5.41 Å². The summed E-state index contributed by atoms with van der Waals surface area (Å²) in [5.41, 5.74) is 6.69. The number of amides is 2. The average Bonchev–Trinajstić information content (AvgIpc) is 1.56. The second-order valence-electron chi connectivity index (χ2n) is 24.8. The highest BCUT2D eigenvalue weighted by Gasteiger charge is 2.26. The zero-order valence-electron chi connectivity index (χ0n) is 58.1. The van der Waals surface area contributed by atoms with Gasteiger partial charge in [0.2, 0.25) is 11.8 Å². The predicted molar refractivity (Wildman–Crippen MR) is 380 cm³/mol. The van der Waals surface area contributed by atoms with Crippen LogP contribution in [0.5, 0.6) is 34.5 Å². The number of methoxy groups -OCH3 is 2. The van der Waals surface area contributed by atoms with E-state index in [1.165, 1.54) is 47.8 Å². The molecule has 0 spiro atoms. The molecule has 0 unspecified atom stereocenters. The number of ether oxygens (including phenoxy) is 7. The molecule has 98 heavy (non-hydrogen) atoms. The molecular formula is C72H95N11O14S. The Morgan fingerprint density at radius 1 is 0.735 bits per heavy atom. The van der Waals surface area contributed by atoms with Crippen molar-refractivity contribution in [1.29, 1.82) is 5.41 Å². The monoisotopic (exact) mass is 1370 g/mol. The molecule has 1 aliphatic carbocycles. The van der Waals surface area contributed by atoms with E-state index in [1.807, 2.05) is 83.1 Å². The molecule has 0 radical (unpaired) electrons. The Hall–Kier alpha value is -9.08.